The molecule has 0 unspecified atom stereocenters. The van der Waals surface area contributed by atoms with Crippen LogP contribution in [0.5, 0.6) is 0 Å². The van der Waals surface area contributed by atoms with Gasteiger partial charge in [-0.05, 0) is 39.0 Å². The topological polar surface area (TPSA) is 55.2 Å². The SMILES string of the molecule is CCn1nc(C)c(CN(C)S(=O)(=O)c2cc(F)ccc2F)c1C. The Kier molecular flexibility index (Phi) is 4.86. The van der Waals surface area contributed by atoms with E-state index >= 15 is 0 Å². The number of halogens is 2. The van der Waals surface area contributed by atoms with Crippen LogP contribution in [-0.4, -0.2) is 29.6 Å². The van der Waals surface area contributed by atoms with Crippen molar-refractivity contribution in [3.05, 3.63) is 46.8 Å². The van der Waals surface area contributed by atoms with Gasteiger partial charge in [-0.25, -0.2) is 17.2 Å². The van der Waals surface area contributed by atoms with Gasteiger partial charge in [-0.1, -0.05) is 0 Å². The summed E-state index contributed by atoms with van der Waals surface area (Å²) in [5.74, 6) is -1.78. The number of hydrogen-bond acceptors (Lipinski definition) is 3. The first-order valence-corrected chi connectivity index (χ1v) is 8.56. The van der Waals surface area contributed by atoms with Gasteiger partial charge in [-0.15, -0.1) is 0 Å². The fourth-order valence-electron chi connectivity index (χ4n) is 2.42. The Morgan fingerprint density at radius 2 is 1.91 bits per heavy atom. The van der Waals surface area contributed by atoms with Crippen LogP contribution in [0.1, 0.15) is 23.9 Å². The first-order chi connectivity index (χ1) is 10.7. The molecule has 1 heterocycles. The highest BCUT2D eigenvalue weighted by Crippen LogP contribution is 2.23. The number of aromatic nitrogens is 2. The fourth-order valence-corrected chi connectivity index (χ4v) is 3.63. The van der Waals surface area contributed by atoms with Gasteiger partial charge < -0.3 is 0 Å². The van der Waals surface area contributed by atoms with Crippen molar-refractivity contribution >= 4 is 10.0 Å². The van der Waals surface area contributed by atoms with Crippen molar-refractivity contribution in [3.63, 3.8) is 0 Å². The van der Waals surface area contributed by atoms with Crippen molar-refractivity contribution in [2.24, 2.45) is 0 Å². The van der Waals surface area contributed by atoms with Crippen molar-refractivity contribution in [2.75, 3.05) is 7.05 Å². The number of nitrogens with zero attached hydrogens (tertiary/aromatic N) is 3. The van der Waals surface area contributed by atoms with Crippen LogP contribution in [0.2, 0.25) is 0 Å². The highest BCUT2D eigenvalue weighted by molar-refractivity contribution is 7.89. The largest absolute Gasteiger partial charge is 0.270 e. The van der Waals surface area contributed by atoms with Gasteiger partial charge in [0.1, 0.15) is 16.5 Å². The van der Waals surface area contributed by atoms with E-state index in [2.05, 4.69) is 5.10 Å². The normalized spacial score (nSPS) is 12.1. The Morgan fingerprint density at radius 3 is 2.48 bits per heavy atom. The summed E-state index contributed by atoms with van der Waals surface area (Å²) in [6, 6.07) is 2.38. The molecule has 0 amide bonds. The third kappa shape index (κ3) is 3.28. The molecule has 0 fully saturated rings. The van der Waals surface area contributed by atoms with Crippen LogP contribution in [0, 0.1) is 25.5 Å². The zero-order valence-electron chi connectivity index (χ0n) is 13.5. The number of hydrogen-bond donors (Lipinski definition) is 0. The molecule has 5 nitrogen and oxygen atoms in total. The highest BCUT2D eigenvalue weighted by Gasteiger charge is 2.27. The van der Waals surface area contributed by atoms with E-state index in [9.17, 15) is 17.2 Å². The third-order valence-corrected chi connectivity index (χ3v) is 5.61. The molecule has 0 atom stereocenters. The predicted molar refractivity (Wildman–Crippen MR) is 82.4 cm³/mol. The van der Waals surface area contributed by atoms with Crippen molar-refractivity contribution < 1.29 is 17.2 Å². The van der Waals surface area contributed by atoms with Gasteiger partial charge in [-0.3, -0.25) is 4.68 Å². The Morgan fingerprint density at radius 1 is 1.26 bits per heavy atom. The van der Waals surface area contributed by atoms with E-state index < -0.39 is 26.6 Å². The van der Waals surface area contributed by atoms with Gasteiger partial charge in [0.15, 0.2) is 0 Å². The summed E-state index contributed by atoms with van der Waals surface area (Å²) in [6.07, 6.45) is 0. The Bertz CT molecular complexity index is 831. The minimum atomic E-state index is -4.14. The molecular formula is C15H19F2N3O2S. The van der Waals surface area contributed by atoms with Crippen molar-refractivity contribution in [2.45, 2.75) is 38.8 Å². The fraction of sp³-hybridized carbons (Fsp3) is 0.400. The van der Waals surface area contributed by atoms with Gasteiger partial charge in [0, 0.05) is 31.4 Å². The van der Waals surface area contributed by atoms with Crippen LogP contribution < -0.4 is 0 Å². The molecule has 0 N–H and O–H groups in total. The quantitative estimate of drug-likeness (QED) is 0.839. The van der Waals surface area contributed by atoms with E-state index in [-0.39, 0.29) is 6.54 Å². The summed E-state index contributed by atoms with van der Waals surface area (Å²) in [5.41, 5.74) is 2.33. The molecule has 23 heavy (non-hydrogen) atoms. The molecule has 2 rings (SSSR count). The van der Waals surface area contributed by atoms with Gasteiger partial charge in [0.05, 0.1) is 5.69 Å². The second-order valence-electron chi connectivity index (χ2n) is 5.30. The smallest absolute Gasteiger partial charge is 0.246 e. The molecule has 0 aliphatic rings. The Labute approximate surface area is 134 Å². The van der Waals surface area contributed by atoms with Crippen LogP contribution in [0.3, 0.4) is 0 Å². The lowest BCUT2D eigenvalue weighted by atomic mass is 10.2. The Hall–Kier alpha value is -1.80. The molecule has 1 aromatic heterocycles. The highest BCUT2D eigenvalue weighted by atomic mass is 32.2. The third-order valence-electron chi connectivity index (χ3n) is 3.79. The average Bonchev–Trinajstić information content (AvgIpc) is 2.76. The minimum absolute atomic E-state index is 0.0377. The molecule has 0 spiro atoms. The first-order valence-electron chi connectivity index (χ1n) is 7.12. The molecule has 0 saturated carbocycles. The maximum Gasteiger partial charge on any atom is 0.246 e. The molecule has 2 aromatic rings. The van der Waals surface area contributed by atoms with Crippen molar-refractivity contribution in [1.82, 2.24) is 14.1 Å². The van der Waals surface area contributed by atoms with Gasteiger partial charge >= 0.3 is 0 Å². The molecule has 0 aliphatic carbocycles. The number of sulfonamides is 1. The summed E-state index contributed by atoms with van der Waals surface area (Å²) in [6.45, 7) is 6.28. The maximum atomic E-state index is 13.8. The van der Waals surface area contributed by atoms with Crippen LogP contribution in [0.25, 0.3) is 0 Å². The van der Waals surface area contributed by atoms with Gasteiger partial charge in [0.25, 0.3) is 0 Å². The summed E-state index contributed by atoms with van der Waals surface area (Å²) in [4.78, 5) is -0.668. The Balaban J connectivity index is 2.38. The second kappa shape index (κ2) is 6.37. The van der Waals surface area contributed by atoms with E-state index in [0.29, 0.717) is 18.3 Å². The van der Waals surface area contributed by atoms with E-state index in [1.807, 2.05) is 13.8 Å². The summed E-state index contributed by atoms with van der Waals surface area (Å²) in [5, 5.41) is 4.33. The molecular weight excluding hydrogens is 324 g/mol. The molecule has 0 bridgehead atoms. The molecule has 0 saturated heterocycles. The lowest BCUT2D eigenvalue weighted by Gasteiger charge is -2.18. The zero-order chi connectivity index (χ0) is 17.4. The number of benzene rings is 1. The molecule has 0 radical (unpaired) electrons. The summed E-state index contributed by atoms with van der Waals surface area (Å²) < 4.78 is 54.8. The van der Waals surface area contributed by atoms with Crippen LogP contribution >= 0.6 is 0 Å². The lowest BCUT2D eigenvalue weighted by Crippen LogP contribution is -2.28. The molecule has 126 valence electrons. The standard InChI is InChI=1S/C15H19F2N3O2S/c1-5-20-11(3)13(10(2)18-20)9-19(4)23(21,22)15-8-12(16)6-7-14(15)17/h6-8H,5,9H2,1-4H3. The van der Waals surface area contributed by atoms with Gasteiger partial charge in [0.2, 0.25) is 10.0 Å². The second-order valence-corrected chi connectivity index (χ2v) is 7.31. The molecule has 0 aliphatic heterocycles. The minimum Gasteiger partial charge on any atom is -0.270 e. The zero-order valence-corrected chi connectivity index (χ0v) is 14.3. The van der Waals surface area contributed by atoms with E-state index in [0.717, 1.165) is 27.7 Å². The summed E-state index contributed by atoms with van der Waals surface area (Å²) in [7, 11) is -2.80. The van der Waals surface area contributed by atoms with E-state index in [4.69, 9.17) is 0 Å². The monoisotopic (exact) mass is 343 g/mol. The van der Waals surface area contributed by atoms with Crippen molar-refractivity contribution in [1.29, 1.82) is 0 Å². The first kappa shape index (κ1) is 17.6. The van der Waals surface area contributed by atoms with Crippen molar-refractivity contribution in [3.8, 4) is 0 Å². The van der Waals surface area contributed by atoms with Gasteiger partial charge in [-0.2, -0.15) is 9.40 Å². The van der Waals surface area contributed by atoms with Crippen LogP contribution in [0.15, 0.2) is 23.1 Å². The maximum absolute atomic E-state index is 13.8. The average molecular weight is 343 g/mol. The van der Waals surface area contributed by atoms with Crippen LogP contribution in [-0.2, 0) is 23.1 Å². The lowest BCUT2D eigenvalue weighted by molar-refractivity contribution is 0.456. The molecule has 8 heteroatoms. The van der Waals surface area contributed by atoms with E-state index in [1.54, 1.807) is 11.6 Å². The van der Waals surface area contributed by atoms with Crippen LogP contribution in [0.4, 0.5) is 8.78 Å². The number of rotatable bonds is 5. The molecule has 1 aromatic carbocycles. The number of aryl methyl sites for hydroxylation is 2. The predicted octanol–water partition coefficient (Wildman–Crippen LogP) is 2.62. The summed E-state index contributed by atoms with van der Waals surface area (Å²) >= 11 is 0. The van der Waals surface area contributed by atoms with E-state index in [1.165, 1.54) is 7.05 Å².